The maximum atomic E-state index is 12.3. The van der Waals surface area contributed by atoms with E-state index in [-0.39, 0.29) is 6.61 Å². The van der Waals surface area contributed by atoms with Crippen molar-refractivity contribution in [3.05, 3.63) is 59.9 Å². The van der Waals surface area contributed by atoms with Crippen molar-refractivity contribution in [3.8, 4) is 0 Å². The standard InChI is InChI=1S/C22H26O10/c23-9-15-17(25)18(26)19(27)22(31-15)32-21-16-12(8-14(24)13(16)6-7-29-21)10-30-20(28)11-4-2-1-3-5-11/h1-8,13-19,21-27H,9-10H2/t13-,14+,15+,16+,17+,18-,19+,21?,22-/m0/s1. The summed E-state index contributed by atoms with van der Waals surface area (Å²) in [5, 5.41) is 50.0. The van der Waals surface area contributed by atoms with E-state index in [1.54, 1.807) is 42.5 Å². The molecule has 1 saturated heterocycles. The van der Waals surface area contributed by atoms with Crippen LogP contribution in [0, 0.1) is 11.8 Å². The summed E-state index contributed by atoms with van der Waals surface area (Å²) in [5.41, 5.74) is 0.947. The van der Waals surface area contributed by atoms with Crippen LogP contribution in [0.3, 0.4) is 0 Å². The van der Waals surface area contributed by atoms with Crippen molar-refractivity contribution < 1.29 is 49.3 Å². The minimum absolute atomic E-state index is 0.113. The quantitative estimate of drug-likeness (QED) is 0.271. The highest BCUT2D eigenvalue weighted by molar-refractivity contribution is 5.89. The van der Waals surface area contributed by atoms with Crippen molar-refractivity contribution >= 4 is 5.97 Å². The summed E-state index contributed by atoms with van der Waals surface area (Å²) >= 11 is 0. The van der Waals surface area contributed by atoms with E-state index in [0.29, 0.717) is 11.1 Å². The summed E-state index contributed by atoms with van der Waals surface area (Å²) in [6.45, 7) is -0.709. The van der Waals surface area contributed by atoms with Gasteiger partial charge in [-0.25, -0.2) is 4.79 Å². The van der Waals surface area contributed by atoms with Gasteiger partial charge >= 0.3 is 5.97 Å². The van der Waals surface area contributed by atoms with E-state index in [0.717, 1.165) is 0 Å². The van der Waals surface area contributed by atoms with Crippen LogP contribution in [0.15, 0.2) is 54.3 Å². The van der Waals surface area contributed by atoms with Gasteiger partial charge in [0.1, 0.15) is 31.0 Å². The second-order valence-electron chi connectivity index (χ2n) is 7.94. The highest BCUT2D eigenvalue weighted by Gasteiger charge is 2.49. The summed E-state index contributed by atoms with van der Waals surface area (Å²) in [7, 11) is 0. The fourth-order valence-electron chi connectivity index (χ4n) is 4.17. The van der Waals surface area contributed by atoms with Gasteiger partial charge in [-0.15, -0.1) is 0 Å². The predicted molar refractivity (Wildman–Crippen MR) is 107 cm³/mol. The van der Waals surface area contributed by atoms with E-state index >= 15 is 0 Å². The van der Waals surface area contributed by atoms with Crippen molar-refractivity contribution in [3.63, 3.8) is 0 Å². The van der Waals surface area contributed by atoms with Crippen LogP contribution in [0.1, 0.15) is 10.4 Å². The number of carbonyl (C=O) groups is 1. The molecular weight excluding hydrogens is 424 g/mol. The average Bonchev–Trinajstić information content (AvgIpc) is 3.14. The second-order valence-corrected chi connectivity index (χ2v) is 7.94. The number of esters is 1. The Morgan fingerprint density at radius 3 is 2.47 bits per heavy atom. The first-order valence-electron chi connectivity index (χ1n) is 10.3. The monoisotopic (exact) mass is 450 g/mol. The van der Waals surface area contributed by atoms with Crippen LogP contribution in [0.25, 0.3) is 0 Å². The van der Waals surface area contributed by atoms with Crippen molar-refractivity contribution in [2.24, 2.45) is 11.8 Å². The molecule has 4 rings (SSSR count). The zero-order chi connectivity index (χ0) is 22.8. The number of aliphatic hydroxyl groups excluding tert-OH is 5. The molecule has 1 aliphatic carbocycles. The largest absolute Gasteiger partial charge is 0.472 e. The van der Waals surface area contributed by atoms with E-state index in [9.17, 15) is 30.3 Å². The van der Waals surface area contributed by atoms with E-state index in [1.165, 1.54) is 6.26 Å². The fourth-order valence-corrected chi connectivity index (χ4v) is 4.17. The van der Waals surface area contributed by atoms with Gasteiger partial charge in [0, 0.05) is 5.92 Å². The molecule has 0 aromatic heterocycles. The molecular formula is C22H26O10. The molecule has 2 heterocycles. The van der Waals surface area contributed by atoms with Gasteiger partial charge in [-0.3, -0.25) is 0 Å². The van der Waals surface area contributed by atoms with E-state index in [2.05, 4.69) is 0 Å². The lowest BCUT2D eigenvalue weighted by atomic mass is 9.88. The minimum Gasteiger partial charge on any atom is -0.472 e. The van der Waals surface area contributed by atoms with Crippen molar-refractivity contribution in [1.29, 1.82) is 0 Å². The lowest BCUT2D eigenvalue weighted by molar-refractivity contribution is -0.339. The zero-order valence-electron chi connectivity index (χ0n) is 17.0. The van der Waals surface area contributed by atoms with Crippen LogP contribution in [0.5, 0.6) is 0 Å². The molecule has 1 aromatic carbocycles. The Morgan fingerprint density at radius 2 is 1.75 bits per heavy atom. The van der Waals surface area contributed by atoms with Crippen LogP contribution >= 0.6 is 0 Å². The minimum atomic E-state index is -1.60. The summed E-state index contributed by atoms with van der Waals surface area (Å²) in [6, 6.07) is 8.47. The summed E-state index contributed by atoms with van der Waals surface area (Å²) in [6.07, 6.45) is -4.61. The first-order chi connectivity index (χ1) is 15.4. The number of carbonyl (C=O) groups excluding carboxylic acids is 1. The number of hydrogen-bond donors (Lipinski definition) is 5. The average molecular weight is 450 g/mol. The van der Waals surface area contributed by atoms with Gasteiger partial charge in [-0.2, -0.15) is 0 Å². The van der Waals surface area contributed by atoms with Crippen LogP contribution in [-0.4, -0.2) is 87.8 Å². The van der Waals surface area contributed by atoms with Crippen molar-refractivity contribution in [2.75, 3.05) is 13.2 Å². The van der Waals surface area contributed by atoms with Crippen LogP contribution in [0.4, 0.5) is 0 Å². The van der Waals surface area contributed by atoms with Gasteiger partial charge in [0.2, 0.25) is 6.29 Å². The SMILES string of the molecule is O=C(OCC1=C[C@@H](O)[C@@H]2C=COC(O[C@@H]3O[C@H](CO)[C@@H](O)[C@H](O)[C@H]3O)[C@H]12)c1ccccc1. The maximum absolute atomic E-state index is 12.3. The number of fused-ring (bicyclic) bond motifs is 1. The number of ether oxygens (including phenoxy) is 4. The molecule has 3 aliphatic rings. The third kappa shape index (κ3) is 4.44. The molecule has 9 atom stereocenters. The summed E-state index contributed by atoms with van der Waals surface area (Å²) in [5.74, 6) is -1.52. The van der Waals surface area contributed by atoms with Crippen molar-refractivity contribution in [2.45, 2.75) is 43.1 Å². The Kier molecular flexibility index (Phi) is 6.91. The topological polar surface area (TPSA) is 155 Å². The third-order valence-corrected chi connectivity index (χ3v) is 5.92. The molecule has 1 fully saturated rings. The predicted octanol–water partition coefficient (Wildman–Crippen LogP) is -0.937. The second kappa shape index (κ2) is 9.67. The highest BCUT2D eigenvalue weighted by atomic mass is 16.8. The van der Waals surface area contributed by atoms with Crippen LogP contribution < -0.4 is 0 Å². The molecule has 174 valence electrons. The first-order valence-corrected chi connectivity index (χ1v) is 10.3. The van der Waals surface area contributed by atoms with Gasteiger partial charge in [-0.1, -0.05) is 24.3 Å². The van der Waals surface area contributed by atoms with Gasteiger partial charge in [0.15, 0.2) is 6.29 Å². The number of aliphatic hydroxyl groups is 5. The Morgan fingerprint density at radius 1 is 1.00 bits per heavy atom. The number of benzene rings is 1. The Hall–Kier alpha value is -2.31. The molecule has 5 N–H and O–H groups in total. The number of rotatable bonds is 6. The van der Waals surface area contributed by atoms with E-state index in [1.807, 2.05) is 0 Å². The normalized spacial score (nSPS) is 38.5. The molecule has 0 amide bonds. The van der Waals surface area contributed by atoms with Gasteiger partial charge in [-0.05, 0) is 23.8 Å². The Labute approximate surface area is 183 Å². The van der Waals surface area contributed by atoms with Gasteiger partial charge in [0.25, 0.3) is 0 Å². The van der Waals surface area contributed by atoms with Crippen molar-refractivity contribution in [1.82, 2.24) is 0 Å². The molecule has 1 aromatic rings. The molecule has 32 heavy (non-hydrogen) atoms. The molecule has 0 spiro atoms. The summed E-state index contributed by atoms with van der Waals surface area (Å²) < 4.78 is 22.1. The Balaban J connectivity index is 1.46. The van der Waals surface area contributed by atoms with Crippen LogP contribution in [0.2, 0.25) is 0 Å². The lowest BCUT2D eigenvalue weighted by Crippen LogP contribution is -2.60. The highest BCUT2D eigenvalue weighted by Crippen LogP contribution is 2.41. The molecule has 2 aliphatic heterocycles. The molecule has 0 radical (unpaired) electrons. The first kappa shape index (κ1) is 22.9. The fraction of sp³-hybridized carbons (Fsp3) is 0.500. The van der Waals surface area contributed by atoms with Gasteiger partial charge in [0.05, 0.1) is 30.5 Å². The summed E-state index contributed by atoms with van der Waals surface area (Å²) in [4.78, 5) is 12.3. The van der Waals surface area contributed by atoms with E-state index in [4.69, 9.17) is 18.9 Å². The van der Waals surface area contributed by atoms with Gasteiger partial charge < -0.3 is 44.5 Å². The Bertz CT molecular complexity index is 854. The number of hydrogen-bond acceptors (Lipinski definition) is 10. The van der Waals surface area contributed by atoms with E-state index < -0.39 is 67.5 Å². The zero-order valence-corrected chi connectivity index (χ0v) is 17.0. The smallest absolute Gasteiger partial charge is 0.338 e. The lowest BCUT2D eigenvalue weighted by Gasteiger charge is -2.42. The molecule has 0 saturated carbocycles. The molecule has 10 heteroatoms. The molecule has 1 unspecified atom stereocenters. The third-order valence-electron chi connectivity index (χ3n) is 5.92. The molecule has 0 bridgehead atoms. The molecule has 10 nitrogen and oxygen atoms in total. The maximum Gasteiger partial charge on any atom is 0.338 e. The van der Waals surface area contributed by atoms with Crippen LogP contribution in [-0.2, 0) is 18.9 Å².